The molecule has 1 amide bonds. The van der Waals surface area contributed by atoms with Gasteiger partial charge in [-0.15, -0.1) is 22.7 Å². The summed E-state index contributed by atoms with van der Waals surface area (Å²) in [5.41, 5.74) is 1.48. The van der Waals surface area contributed by atoms with Crippen molar-refractivity contribution in [3.63, 3.8) is 0 Å². The summed E-state index contributed by atoms with van der Waals surface area (Å²) in [6.07, 6.45) is 1.10. The first kappa shape index (κ1) is 16.1. The molecule has 1 aliphatic heterocycles. The quantitative estimate of drug-likeness (QED) is 0.745. The van der Waals surface area contributed by atoms with Gasteiger partial charge in [0.05, 0.1) is 30.2 Å². The standard InChI is InChI=1S/C18H16N2O3S2/c21-17(10-13-11-25-18(20-13)16-3-1-8-24-16)19-12-4-5-14-15(9-12)23-7-2-6-22-14/h1,3-5,8-9,11H,2,6-7,10H2,(H,19,21). The molecular weight excluding hydrogens is 356 g/mol. The van der Waals surface area contributed by atoms with E-state index < -0.39 is 0 Å². The average molecular weight is 372 g/mol. The fourth-order valence-corrected chi connectivity index (χ4v) is 4.15. The molecule has 1 aromatic carbocycles. The van der Waals surface area contributed by atoms with E-state index in [9.17, 15) is 4.79 Å². The van der Waals surface area contributed by atoms with Gasteiger partial charge in [0.1, 0.15) is 5.01 Å². The maximum Gasteiger partial charge on any atom is 0.230 e. The summed E-state index contributed by atoms with van der Waals surface area (Å²) >= 11 is 3.21. The lowest BCUT2D eigenvalue weighted by molar-refractivity contribution is -0.115. The molecule has 0 spiro atoms. The van der Waals surface area contributed by atoms with Crippen molar-refractivity contribution in [2.45, 2.75) is 12.8 Å². The van der Waals surface area contributed by atoms with Crippen LogP contribution in [0.5, 0.6) is 11.5 Å². The number of anilines is 1. The van der Waals surface area contributed by atoms with Gasteiger partial charge in [0, 0.05) is 23.6 Å². The molecule has 0 unspecified atom stereocenters. The SMILES string of the molecule is O=C(Cc1csc(-c2cccs2)n1)Nc1ccc2c(c1)OCCCO2. The number of benzene rings is 1. The van der Waals surface area contributed by atoms with Gasteiger partial charge in [-0.3, -0.25) is 4.79 Å². The number of thiophene rings is 1. The zero-order valence-corrected chi connectivity index (χ0v) is 15.0. The van der Waals surface area contributed by atoms with Crippen molar-refractivity contribution < 1.29 is 14.3 Å². The lowest BCUT2D eigenvalue weighted by Gasteiger charge is -2.10. The molecule has 0 radical (unpaired) electrons. The van der Waals surface area contributed by atoms with E-state index in [4.69, 9.17) is 9.47 Å². The average Bonchev–Trinajstić information content (AvgIpc) is 3.23. The van der Waals surface area contributed by atoms with Crippen LogP contribution in [-0.2, 0) is 11.2 Å². The highest BCUT2D eigenvalue weighted by molar-refractivity contribution is 7.20. The second kappa shape index (κ2) is 7.25. The van der Waals surface area contributed by atoms with Crippen LogP contribution in [-0.4, -0.2) is 24.1 Å². The van der Waals surface area contributed by atoms with Crippen molar-refractivity contribution in [1.82, 2.24) is 4.98 Å². The van der Waals surface area contributed by atoms with E-state index in [0.29, 0.717) is 24.7 Å². The van der Waals surface area contributed by atoms with Crippen LogP contribution in [0.15, 0.2) is 41.1 Å². The zero-order valence-electron chi connectivity index (χ0n) is 13.4. The van der Waals surface area contributed by atoms with Gasteiger partial charge < -0.3 is 14.8 Å². The Morgan fingerprint density at radius 3 is 2.88 bits per heavy atom. The van der Waals surface area contributed by atoms with Crippen LogP contribution in [0.25, 0.3) is 9.88 Å². The predicted molar refractivity (Wildman–Crippen MR) is 99.8 cm³/mol. The number of amides is 1. The first-order chi connectivity index (χ1) is 12.3. The molecule has 0 atom stereocenters. The molecule has 0 bridgehead atoms. The van der Waals surface area contributed by atoms with Crippen LogP contribution < -0.4 is 14.8 Å². The van der Waals surface area contributed by atoms with Crippen molar-refractivity contribution in [2.75, 3.05) is 18.5 Å². The first-order valence-electron chi connectivity index (χ1n) is 7.96. The molecule has 128 valence electrons. The van der Waals surface area contributed by atoms with Gasteiger partial charge in [-0.2, -0.15) is 0 Å². The molecule has 2 aromatic heterocycles. The topological polar surface area (TPSA) is 60.5 Å². The number of aromatic nitrogens is 1. The number of nitrogens with one attached hydrogen (secondary N) is 1. The number of hydrogen-bond donors (Lipinski definition) is 1. The number of hydrogen-bond acceptors (Lipinski definition) is 6. The Kier molecular flexibility index (Phi) is 4.67. The Morgan fingerprint density at radius 1 is 1.16 bits per heavy atom. The fraction of sp³-hybridized carbons (Fsp3) is 0.222. The number of rotatable bonds is 4. The maximum absolute atomic E-state index is 12.3. The van der Waals surface area contributed by atoms with E-state index in [0.717, 1.165) is 27.7 Å². The molecule has 7 heteroatoms. The second-order valence-electron chi connectivity index (χ2n) is 5.56. The Morgan fingerprint density at radius 2 is 2.04 bits per heavy atom. The monoisotopic (exact) mass is 372 g/mol. The Labute approximate surface area is 153 Å². The number of thiazole rings is 1. The van der Waals surface area contributed by atoms with Crippen LogP contribution in [0, 0.1) is 0 Å². The van der Waals surface area contributed by atoms with Gasteiger partial charge in [-0.1, -0.05) is 6.07 Å². The summed E-state index contributed by atoms with van der Waals surface area (Å²) in [4.78, 5) is 18.0. The van der Waals surface area contributed by atoms with Crippen molar-refractivity contribution in [3.05, 3.63) is 46.8 Å². The minimum Gasteiger partial charge on any atom is -0.490 e. The summed E-state index contributed by atoms with van der Waals surface area (Å²) in [6, 6.07) is 9.48. The first-order valence-corrected chi connectivity index (χ1v) is 9.72. The van der Waals surface area contributed by atoms with E-state index in [-0.39, 0.29) is 12.3 Å². The van der Waals surface area contributed by atoms with Crippen molar-refractivity contribution in [2.24, 2.45) is 0 Å². The molecular formula is C18H16N2O3S2. The highest BCUT2D eigenvalue weighted by Crippen LogP contribution is 2.32. The highest BCUT2D eigenvalue weighted by Gasteiger charge is 2.13. The molecule has 25 heavy (non-hydrogen) atoms. The largest absolute Gasteiger partial charge is 0.490 e. The predicted octanol–water partition coefficient (Wildman–Crippen LogP) is 4.21. The molecule has 1 aliphatic rings. The molecule has 0 saturated heterocycles. The molecule has 1 N–H and O–H groups in total. The van der Waals surface area contributed by atoms with Gasteiger partial charge in [-0.25, -0.2) is 4.98 Å². The molecule has 0 fully saturated rings. The molecule has 4 rings (SSSR count). The molecule has 3 heterocycles. The fourth-order valence-electron chi connectivity index (χ4n) is 2.51. The van der Waals surface area contributed by atoms with Gasteiger partial charge >= 0.3 is 0 Å². The molecule has 0 aliphatic carbocycles. The number of fused-ring (bicyclic) bond motifs is 1. The summed E-state index contributed by atoms with van der Waals surface area (Å²) in [5.74, 6) is 1.29. The van der Waals surface area contributed by atoms with Crippen molar-refractivity contribution in [3.8, 4) is 21.4 Å². The van der Waals surface area contributed by atoms with Crippen LogP contribution >= 0.6 is 22.7 Å². The van der Waals surface area contributed by atoms with E-state index in [1.54, 1.807) is 28.7 Å². The number of ether oxygens (including phenoxy) is 2. The summed E-state index contributed by atoms with van der Waals surface area (Å²) < 4.78 is 11.2. The molecule has 0 saturated carbocycles. The van der Waals surface area contributed by atoms with E-state index >= 15 is 0 Å². The lowest BCUT2D eigenvalue weighted by atomic mass is 10.2. The van der Waals surface area contributed by atoms with E-state index in [1.807, 2.05) is 35.0 Å². The minimum atomic E-state index is -0.0995. The van der Waals surface area contributed by atoms with Gasteiger partial charge in [-0.05, 0) is 23.6 Å². The van der Waals surface area contributed by atoms with Crippen LogP contribution in [0.1, 0.15) is 12.1 Å². The smallest absolute Gasteiger partial charge is 0.230 e. The van der Waals surface area contributed by atoms with E-state index in [2.05, 4.69) is 10.3 Å². The molecule has 5 nitrogen and oxygen atoms in total. The van der Waals surface area contributed by atoms with Crippen molar-refractivity contribution >= 4 is 34.3 Å². The minimum absolute atomic E-state index is 0.0995. The number of carbonyl (C=O) groups excluding carboxylic acids is 1. The summed E-state index contributed by atoms with van der Waals surface area (Å²) in [5, 5.41) is 7.80. The summed E-state index contributed by atoms with van der Waals surface area (Å²) in [7, 11) is 0. The van der Waals surface area contributed by atoms with Gasteiger partial charge in [0.15, 0.2) is 11.5 Å². The maximum atomic E-state index is 12.3. The third kappa shape index (κ3) is 3.83. The zero-order chi connectivity index (χ0) is 17.1. The van der Waals surface area contributed by atoms with E-state index in [1.165, 1.54) is 0 Å². The highest BCUT2D eigenvalue weighted by atomic mass is 32.1. The Balaban J connectivity index is 1.41. The van der Waals surface area contributed by atoms with Crippen LogP contribution in [0.4, 0.5) is 5.69 Å². The third-order valence-electron chi connectivity index (χ3n) is 3.66. The normalized spacial score (nSPS) is 13.3. The van der Waals surface area contributed by atoms with Gasteiger partial charge in [0.2, 0.25) is 5.91 Å². The van der Waals surface area contributed by atoms with Crippen LogP contribution in [0.2, 0.25) is 0 Å². The molecule has 3 aromatic rings. The third-order valence-corrected chi connectivity index (χ3v) is 5.59. The Bertz CT molecular complexity index is 874. The van der Waals surface area contributed by atoms with Gasteiger partial charge in [0.25, 0.3) is 0 Å². The summed E-state index contributed by atoms with van der Waals surface area (Å²) in [6.45, 7) is 1.27. The Hall–Kier alpha value is -2.38. The van der Waals surface area contributed by atoms with Crippen molar-refractivity contribution in [1.29, 1.82) is 0 Å². The number of nitrogens with zero attached hydrogens (tertiary/aromatic N) is 1. The second-order valence-corrected chi connectivity index (χ2v) is 7.36. The number of carbonyl (C=O) groups is 1. The van der Waals surface area contributed by atoms with Crippen LogP contribution in [0.3, 0.4) is 0 Å². The lowest BCUT2D eigenvalue weighted by Crippen LogP contribution is -2.14.